The van der Waals surface area contributed by atoms with Gasteiger partial charge in [0.1, 0.15) is 5.69 Å². The van der Waals surface area contributed by atoms with Crippen LogP contribution >= 0.6 is 0 Å². The molecule has 1 unspecified atom stereocenters. The molecule has 0 spiro atoms. The van der Waals surface area contributed by atoms with Crippen LogP contribution in [-0.4, -0.2) is 47.7 Å². The van der Waals surface area contributed by atoms with Gasteiger partial charge in [0.25, 0.3) is 5.91 Å². The van der Waals surface area contributed by atoms with E-state index in [1.54, 1.807) is 0 Å². The zero-order valence-corrected chi connectivity index (χ0v) is 12.8. The summed E-state index contributed by atoms with van der Waals surface area (Å²) < 4.78 is 0. The van der Waals surface area contributed by atoms with Gasteiger partial charge < -0.3 is 10.2 Å². The number of nitrogens with zero attached hydrogens (tertiary/aromatic N) is 2. The summed E-state index contributed by atoms with van der Waals surface area (Å²) in [5.74, 6) is 1.06. The van der Waals surface area contributed by atoms with Crippen molar-refractivity contribution in [2.75, 3.05) is 26.7 Å². The van der Waals surface area contributed by atoms with Crippen LogP contribution in [0.25, 0.3) is 0 Å². The Bertz CT molecular complexity index is 441. The third kappa shape index (κ3) is 4.34. The highest BCUT2D eigenvalue weighted by Crippen LogP contribution is 2.14. The van der Waals surface area contributed by atoms with Crippen molar-refractivity contribution >= 4 is 5.91 Å². The van der Waals surface area contributed by atoms with Crippen LogP contribution in [0.4, 0.5) is 0 Å². The van der Waals surface area contributed by atoms with Crippen LogP contribution in [-0.2, 0) is 6.42 Å². The highest BCUT2D eigenvalue weighted by molar-refractivity contribution is 5.92. The van der Waals surface area contributed by atoms with Crippen LogP contribution in [0, 0.1) is 11.8 Å². The first-order chi connectivity index (χ1) is 9.54. The molecule has 2 N–H and O–H groups in total. The largest absolute Gasteiger partial charge is 0.350 e. The number of rotatable bonds is 5. The van der Waals surface area contributed by atoms with Crippen molar-refractivity contribution in [2.24, 2.45) is 11.8 Å². The van der Waals surface area contributed by atoms with E-state index in [0.717, 1.165) is 25.2 Å². The molecule has 1 amide bonds. The van der Waals surface area contributed by atoms with Crippen molar-refractivity contribution in [3.05, 3.63) is 17.5 Å². The highest BCUT2D eigenvalue weighted by Gasteiger charge is 2.18. The summed E-state index contributed by atoms with van der Waals surface area (Å²) in [6.45, 7) is 7.29. The molecule has 5 nitrogen and oxygen atoms in total. The maximum atomic E-state index is 12.1. The predicted molar refractivity (Wildman–Crippen MR) is 79.7 cm³/mol. The molecule has 2 rings (SSSR count). The summed E-state index contributed by atoms with van der Waals surface area (Å²) in [5, 5.41) is 10.1. The monoisotopic (exact) mass is 278 g/mol. The Morgan fingerprint density at radius 2 is 2.40 bits per heavy atom. The number of piperidine rings is 1. The SMILES string of the molecule is CC(C)Cc1cc(C(=O)NCC2CCCN(C)C2)n[nH]1. The molecular weight excluding hydrogens is 252 g/mol. The number of hydrogen-bond acceptors (Lipinski definition) is 3. The molecule has 112 valence electrons. The van der Waals surface area contributed by atoms with Crippen LogP contribution < -0.4 is 5.32 Å². The summed E-state index contributed by atoms with van der Waals surface area (Å²) in [4.78, 5) is 14.4. The summed E-state index contributed by atoms with van der Waals surface area (Å²) in [6.07, 6.45) is 3.34. The standard InChI is InChI=1S/C15H26N4O/c1-11(2)7-13-8-14(18-17-13)15(20)16-9-12-5-4-6-19(3)10-12/h8,11-12H,4-7,9-10H2,1-3H3,(H,16,20)(H,17,18). The minimum absolute atomic E-state index is 0.0653. The zero-order valence-electron chi connectivity index (χ0n) is 12.8. The highest BCUT2D eigenvalue weighted by atomic mass is 16.1. The lowest BCUT2D eigenvalue weighted by molar-refractivity contribution is 0.0932. The first kappa shape index (κ1) is 15.0. The van der Waals surface area contributed by atoms with E-state index in [9.17, 15) is 4.79 Å². The van der Waals surface area contributed by atoms with Crippen molar-refractivity contribution < 1.29 is 4.79 Å². The average Bonchev–Trinajstić information content (AvgIpc) is 2.84. The van der Waals surface area contributed by atoms with Gasteiger partial charge in [-0.15, -0.1) is 0 Å². The quantitative estimate of drug-likeness (QED) is 0.861. The van der Waals surface area contributed by atoms with Gasteiger partial charge in [-0.25, -0.2) is 0 Å². The van der Waals surface area contributed by atoms with Crippen molar-refractivity contribution in [2.45, 2.75) is 33.1 Å². The van der Waals surface area contributed by atoms with Crippen molar-refractivity contribution in [3.8, 4) is 0 Å². The molecule has 1 aliphatic rings. The second-order valence-electron chi connectivity index (χ2n) is 6.36. The number of H-pyrrole nitrogens is 1. The van der Waals surface area contributed by atoms with Gasteiger partial charge in [-0.2, -0.15) is 5.10 Å². The molecule has 5 heteroatoms. The Kier molecular flexibility index (Phi) is 5.17. The number of carbonyl (C=O) groups excluding carboxylic acids is 1. The lowest BCUT2D eigenvalue weighted by atomic mass is 9.98. The minimum Gasteiger partial charge on any atom is -0.350 e. The number of amides is 1. The third-order valence-corrected chi connectivity index (χ3v) is 3.77. The second kappa shape index (κ2) is 6.88. The number of carbonyl (C=O) groups is 1. The molecule has 0 radical (unpaired) electrons. The van der Waals surface area contributed by atoms with Crippen molar-refractivity contribution in [3.63, 3.8) is 0 Å². The first-order valence-electron chi connectivity index (χ1n) is 7.55. The predicted octanol–water partition coefficient (Wildman–Crippen LogP) is 1.68. The Morgan fingerprint density at radius 1 is 1.60 bits per heavy atom. The average molecular weight is 278 g/mol. The number of aromatic nitrogens is 2. The number of aromatic amines is 1. The van der Waals surface area contributed by atoms with Gasteiger partial charge in [0.2, 0.25) is 0 Å². The smallest absolute Gasteiger partial charge is 0.271 e. The minimum atomic E-state index is -0.0653. The number of hydrogen-bond donors (Lipinski definition) is 2. The fourth-order valence-corrected chi connectivity index (χ4v) is 2.79. The number of likely N-dealkylation sites (tertiary alicyclic amines) is 1. The van der Waals surface area contributed by atoms with E-state index >= 15 is 0 Å². The lowest BCUT2D eigenvalue weighted by Gasteiger charge is -2.29. The normalized spacial score (nSPS) is 20.3. The molecule has 1 aromatic heterocycles. The second-order valence-corrected chi connectivity index (χ2v) is 6.36. The fourth-order valence-electron chi connectivity index (χ4n) is 2.79. The van der Waals surface area contributed by atoms with E-state index in [-0.39, 0.29) is 5.91 Å². The van der Waals surface area contributed by atoms with Crippen LogP contribution in [0.3, 0.4) is 0 Å². The molecular formula is C15H26N4O. The zero-order chi connectivity index (χ0) is 14.5. The number of nitrogens with one attached hydrogen (secondary N) is 2. The lowest BCUT2D eigenvalue weighted by Crippen LogP contribution is -2.39. The summed E-state index contributed by atoms with van der Waals surface area (Å²) in [6, 6.07) is 1.86. The van der Waals surface area contributed by atoms with Gasteiger partial charge in [-0.1, -0.05) is 13.8 Å². The van der Waals surface area contributed by atoms with E-state index in [2.05, 4.69) is 41.3 Å². The molecule has 0 saturated carbocycles. The fraction of sp³-hybridized carbons (Fsp3) is 0.733. The molecule has 20 heavy (non-hydrogen) atoms. The van der Waals surface area contributed by atoms with Crippen LogP contribution in [0.15, 0.2) is 6.07 Å². The molecule has 1 saturated heterocycles. The Morgan fingerprint density at radius 3 is 3.10 bits per heavy atom. The van der Waals surface area contributed by atoms with E-state index < -0.39 is 0 Å². The van der Waals surface area contributed by atoms with Gasteiger partial charge >= 0.3 is 0 Å². The molecule has 2 heterocycles. The molecule has 0 bridgehead atoms. The summed E-state index contributed by atoms with van der Waals surface area (Å²) >= 11 is 0. The van der Waals surface area contributed by atoms with Crippen LogP contribution in [0.5, 0.6) is 0 Å². The van der Waals surface area contributed by atoms with Gasteiger partial charge in [-0.3, -0.25) is 9.89 Å². The van der Waals surface area contributed by atoms with E-state index in [1.165, 1.54) is 19.4 Å². The molecule has 1 fully saturated rings. The van der Waals surface area contributed by atoms with Gasteiger partial charge in [-0.05, 0) is 50.8 Å². The summed E-state index contributed by atoms with van der Waals surface area (Å²) in [5.41, 5.74) is 1.53. The van der Waals surface area contributed by atoms with E-state index in [1.807, 2.05) is 6.07 Å². The van der Waals surface area contributed by atoms with Crippen molar-refractivity contribution in [1.29, 1.82) is 0 Å². The van der Waals surface area contributed by atoms with Crippen LogP contribution in [0.2, 0.25) is 0 Å². The van der Waals surface area contributed by atoms with Gasteiger partial charge in [0.15, 0.2) is 0 Å². The molecule has 0 aromatic carbocycles. The maximum Gasteiger partial charge on any atom is 0.271 e. The Balaban J connectivity index is 1.80. The van der Waals surface area contributed by atoms with Crippen LogP contribution in [0.1, 0.15) is 42.9 Å². The van der Waals surface area contributed by atoms with E-state index in [4.69, 9.17) is 0 Å². The third-order valence-electron chi connectivity index (χ3n) is 3.77. The van der Waals surface area contributed by atoms with E-state index in [0.29, 0.717) is 17.5 Å². The summed E-state index contributed by atoms with van der Waals surface area (Å²) in [7, 11) is 2.14. The van der Waals surface area contributed by atoms with Gasteiger partial charge in [0.05, 0.1) is 0 Å². The Hall–Kier alpha value is -1.36. The topological polar surface area (TPSA) is 61.0 Å². The van der Waals surface area contributed by atoms with Gasteiger partial charge in [0, 0.05) is 18.8 Å². The molecule has 0 aliphatic carbocycles. The Labute approximate surface area is 121 Å². The molecule has 1 aromatic rings. The van der Waals surface area contributed by atoms with Crippen molar-refractivity contribution in [1.82, 2.24) is 20.4 Å². The maximum absolute atomic E-state index is 12.1. The first-order valence-corrected chi connectivity index (χ1v) is 7.55. The molecule has 1 aliphatic heterocycles. The molecule has 1 atom stereocenters.